The van der Waals surface area contributed by atoms with Crippen LogP contribution in [0.2, 0.25) is 0 Å². The first-order chi connectivity index (χ1) is 9.78. The van der Waals surface area contributed by atoms with Gasteiger partial charge >= 0.3 is 6.03 Å². The third-order valence-corrected chi connectivity index (χ3v) is 3.32. The maximum absolute atomic E-state index is 12.3. The van der Waals surface area contributed by atoms with E-state index in [0.29, 0.717) is 24.5 Å². The average molecular weight is 269 g/mol. The van der Waals surface area contributed by atoms with E-state index in [2.05, 4.69) is 10.3 Å². The zero-order valence-corrected chi connectivity index (χ0v) is 11.2. The van der Waals surface area contributed by atoms with Crippen LogP contribution in [0.5, 0.6) is 5.75 Å². The summed E-state index contributed by atoms with van der Waals surface area (Å²) in [5.41, 5.74) is 2.73. The van der Waals surface area contributed by atoms with Crippen LogP contribution < -0.4 is 10.1 Å². The normalized spacial score (nSPS) is 12.9. The molecule has 102 valence electrons. The fourth-order valence-electron chi connectivity index (χ4n) is 2.29. The van der Waals surface area contributed by atoms with E-state index < -0.39 is 0 Å². The quantitative estimate of drug-likeness (QED) is 0.911. The zero-order chi connectivity index (χ0) is 13.9. The molecule has 0 saturated carbocycles. The van der Waals surface area contributed by atoms with Crippen LogP contribution in [0, 0.1) is 0 Å². The number of hydrogen-bond acceptors (Lipinski definition) is 3. The highest BCUT2D eigenvalue weighted by Gasteiger charge is 2.24. The second-order valence-corrected chi connectivity index (χ2v) is 4.60. The number of rotatable bonds is 2. The van der Waals surface area contributed by atoms with Gasteiger partial charge in [0.1, 0.15) is 5.75 Å². The van der Waals surface area contributed by atoms with Crippen molar-refractivity contribution in [2.75, 3.05) is 12.4 Å². The second kappa shape index (κ2) is 5.21. The first kappa shape index (κ1) is 12.5. The third-order valence-electron chi connectivity index (χ3n) is 3.32. The molecule has 0 spiro atoms. The fraction of sp³-hybridized carbons (Fsp3) is 0.200. The molecule has 0 aliphatic carbocycles. The number of amides is 2. The van der Waals surface area contributed by atoms with Crippen LogP contribution in [0.3, 0.4) is 0 Å². The van der Waals surface area contributed by atoms with Crippen molar-refractivity contribution < 1.29 is 9.53 Å². The van der Waals surface area contributed by atoms with Gasteiger partial charge in [-0.25, -0.2) is 4.79 Å². The molecule has 0 atom stereocenters. The van der Waals surface area contributed by atoms with E-state index in [1.54, 1.807) is 18.2 Å². The number of ether oxygens (including phenoxy) is 1. The Bertz CT molecular complexity index is 618. The van der Waals surface area contributed by atoms with Gasteiger partial charge in [-0.05, 0) is 23.8 Å². The van der Waals surface area contributed by atoms with Crippen molar-refractivity contribution in [1.29, 1.82) is 0 Å². The summed E-state index contributed by atoms with van der Waals surface area (Å²) in [4.78, 5) is 18.3. The maximum Gasteiger partial charge on any atom is 0.322 e. The Kier molecular flexibility index (Phi) is 3.25. The number of benzene rings is 1. The van der Waals surface area contributed by atoms with Crippen LogP contribution in [0.4, 0.5) is 10.5 Å². The number of carbonyl (C=O) groups excluding carboxylic acids is 1. The molecule has 1 aromatic heterocycles. The molecule has 0 unspecified atom stereocenters. The van der Waals surface area contributed by atoms with E-state index in [-0.39, 0.29) is 6.03 Å². The van der Waals surface area contributed by atoms with Crippen molar-refractivity contribution >= 4 is 11.7 Å². The molecule has 20 heavy (non-hydrogen) atoms. The Morgan fingerprint density at radius 2 is 2.10 bits per heavy atom. The highest BCUT2D eigenvalue weighted by atomic mass is 16.5. The molecular formula is C15H15N3O2. The van der Waals surface area contributed by atoms with Crippen molar-refractivity contribution in [2.45, 2.75) is 13.1 Å². The summed E-state index contributed by atoms with van der Waals surface area (Å²) in [6.07, 6.45) is 1.75. The molecule has 1 aliphatic heterocycles. The minimum absolute atomic E-state index is 0.146. The summed E-state index contributed by atoms with van der Waals surface area (Å²) in [6, 6.07) is 11.1. The van der Waals surface area contributed by atoms with E-state index in [0.717, 1.165) is 11.3 Å². The second-order valence-electron chi connectivity index (χ2n) is 4.60. The van der Waals surface area contributed by atoms with Gasteiger partial charge in [0.15, 0.2) is 0 Å². The van der Waals surface area contributed by atoms with E-state index in [4.69, 9.17) is 4.74 Å². The molecule has 0 radical (unpaired) electrons. The average Bonchev–Trinajstić information content (AvgIpc) is 2.92. The van der Waals surface area contributed by atoms with Crippen molar-refractivity contribution in [3.05, 3.63) is 53.9 Å². The lowest BCUT2D eigenvalue weighted by atomic mass is 10.2. The molecule has 1 aliphatic rings. The summed E-state index contributed by atoms with van der Waals surface area (Å²) in [6.45, 7) is 1.13. The monoisotopic (exact) mass is 269 g/mol. The van der Waals surface area contributed by atoms with Crippen LogP contribution in [-0.2, 0) is 13.1 Å². The summed E-state index contributed by atoms with van der Waals surface area (Å²) in [5, 5.41) is 2.87. The van der Waals surface area contributed by atoms with Crippen molar-refractivity contribution in [3.63, 3.8) is 0 Å². The number of para-hydroxylation sites is 2. The molecule has 0 saturated heterocycles. The summed E-state index contributed by atoms with van der Waals surface area (Å²) < 4.78 is 5.23. The smallest absolute Gasteiger partial charge is 0.322 e. The lowest BCUT2D eigenvalue weighted by Gasteiger charge is -2.17. The van der Waals surface area contributed by atoms with Gasteiger partial charge in [0.25, 0.3) is 0 Å². The summed E-state index contributed by atoms with van der Waals surface area (Å²) in [5.74, 6) is 0.649. The van der Waals surface area contributed by atoms with Gasteiger partial charge < -0.3 is 15.0 Å². The minimum atomic E-state index is -0.146. The number of fused-ring (bicyclic) bond motifs is 1. The predicted molar refractivity (Wildman–Crippen MR) is 75.5 cm³/mol. The van der Waals surface area contributed by atoms with Gasteiger partial charge in [0.2, 0.25) is 0 Å². The lowest BCUT2D eigenvalue weighted by molar-refractivity contribution is 0.212. The Morgan fingerprint density at radius 1 is 1.25 bits per heavy atom. The minimum Gasteiger partial charge on any atom is -0.495 e. The van der Waals surface area contributed by atoms with Gasteiger partial charge in [0, 0.05) is 12.7 Å². The molecular weight excluding hydrogens is 254 g/mol. The number of anilines is 1. The van der Waals surface area contributed by atoms with Gasteiger partial charge in [-0.2, -0.15) is 0 Å². The standard InChI is InChI=1S/C15H15N3O2/c1-20-14-7-3-2-6-12(14)17-15(19)18-9-11-5-4-8-16-13(11)10-18/h2-8H,9-10H2,1H3,(H,17,19). The highest BCUT2D eigenvalue weighted by Crippen LogP contribution is 2.25. The summed E-state index contributed by atoms with van der Waals surface area (Å²) >= 11 is 0. The highest BCUT2D eigenvalue weighted by molar-refractivity contribution is 5.91. The molecule has 5 heteroatoms. The number of carbonyl (C=O) groups is 1. The molecule has 0 bridgehead atoms. The Hall–Kier alpha value is -2.56. The van der Waals surface area contributed by atoms with E-state index in [1.165, 1.54) is 0 Å². The summed E-state index contributed by atoms with van der Waals surface area (Å²) in [7, 11) is 1.58. The van der Waals surface area contributed by atoms with Gasteiger partial charge in [-0.3, -0.25) is 4.98 Å². The molecule has 5 nitrogen and oxygen atoms in total. The molecule has 1 aromatic carbocycles. The maximum atomic E-state index is 12.3. The lowest BCUT2D eigenvalue weighted by Crippen LogP contribution is -2.30. The number of aromatic nitrogens is 1. The van der Waals surface area contributed by atoms with Crippen molar-refractivity contribution in [2.24, 2.45) is 0 Å². The first-order valence-corrected chi connectivity index (χ1v) is 6.39. The third kappa shape index (κ3) is 2.30. The molecule has 3 rings (SSSR count). The van der Waals surface area contributed by atoms with Gasteiger partial charge in [0.05, 0.1) is 25.0 Å². The largest absolute Gasteiger partial charge is 0.495 e. The van der Waals surface area contributed by atoms with E-state index >= 15 is 0 Å². The predicted octanol–water partition coefficient (Wildman–Crippen LogP) is 2.64. The molecule has 2 heterocycles. The molecule has 2 amide bonds. The molecule has 2 aromatic rings. The Morgan fingerprint density at radius 3 is 2.90 bits per heavy atom. The zero-order valence-electron chi connectivity index (χ0n) is 11.2. The van der Waals surface area contributed by atoms with Crippen molar-refractivity contribution in [1.82, 2.24) is 9.88 Å². The SMILES string of the molecule is COc1ccccc1NC(=O)N1Cc2cccnc2C1. The Labute approximate surface area is 117 Å². The van der Waals surface area contributed by atoms with Crippen LogP contribution >= 0.6 is 0 Å². The first-order valence-electron chi connectivity index (χ1n) is 6.39. The fourth-order valence-corrected chi connectivity index (χ4v) is 2.29. The number of nitrogens with one attached hydrogen (secondary N) is 1. The number of hydrogen-bond donors (Lipinski definition) is 1. The van der Waals surface area contributed by atoms with Crippen LogP contribution in [0.25, 0.3) is 0 Å². The van der Waals surface area contributed by atoms with Gasteiger partial charge in [-0.15, -0.1) is 0 Å². The molecule has 1 N–H and O–H groups in total. The Balaban J connectivity index is 1.72. The van der Waals surface area contributed by atoms with E-state index in [1.807, 2.05) is 36.4 Å². The van der Waals surface area contributed by atoms with Gasteiger partial charge in [-0.1, -0.05) is 18.2 Å². The number of urea groups is 1. The number of pyridine rings is 1. The van der Waals surface area contributed by atoms with Crippen molar-refractivity contribution in [3.8, 4) is 5.75 Å². The number of nitrogens with zero attached hydrogens (tertiary/aromatic N) is 2. The van der Waals surface area contributed by atoms with E-state index in [9.17, 15) is 4.79 Å². The van der Waals surface area contributed by atoms with Crippen LogP contribution in [-0.4, -0.2) is 23.0 Å². The molecule has 0 fully saturated rings. The number of methoxy groups -OCH3 is 1. The van der Waals surface area contributed by atoms with Crippen LogP contribution in [0.15, 0.2) is 42.6 Å². The van der Waals surface area contributed by atoms with Crippen LogP contribution in [0.1, 0.15) is 11.3 Å². The topological polar surface area (TPSA) is 54.5 Å².